The standard InChI is InChI=1S/C18H12Cl2N2O/c19-13-8-7-12(14(20)10-13)11-22-16-5-2-1-4-15(16)21-18(22)17-6-3-9-23-17/h1-10H,11H2. The van der Waals surface area contributed by atoms with Crippen molar-refractivity contribution in [1.29, 1.82) is 0 Å². The van der Waals surface area contributed by atoms with Crippen molar-refractivity contribution in [2.75, 3.05) is 0 Å². The minimum Gasteiger partial charge on any atom is -0.461 e. The number of aromatic nitrogens is 2. The fourth-order valence-electron chi connectivity index (χ4n) is 2.65. The van der Waals surface area contributed by atoms with Gasteiger partial charge in [0.25, 0.3) is 0 Å². The van der Waals surface area contributed by atoms with Gasteiger partial charge in [0, 0.05) is 10.0 Å². The molecule has 0 aliphatic carbocycles. The van der Waals surface area contributed by atoms with E-state index in [1.807, 2.05) is 48.5 Å². The lowest BCUT2D eigenvalue weighted by molar-refractivity contribution is 0.572. The zero-order chi connectivity index (χ0) is 15.8. The molecule has 4 aromatic rings. The Morgan fingerprint density at radius 1 is 1.00 bits per heavy atom. The fourth-order valence-corrected chi connectivity index (χ4v) is 3.12. The maximum absolute atomic E-state index is 6.33. The Morgan fingerprint density at radius 3 is 2.65 bits per heavy atom. The monoisotopic (exact) mass is 342 g/mol. The van der Waals surface area contributed by atoms with Gasteiger partial charge < -0.3 is 8.98 Å². The van der Waals surface area contributed by atoms with Crippen molar-refractivity contribution in [1.82, 2.24) is 9.55 Å². The molecule has 5 heteroatoms. The third-order valence-electron chi connectivity index (χ3n) is 3.74. The molecular formula is C18H12Cl2N2O. The SMILES string of the molecule is Clc1ccc(Cn2c(-c3ccco3)nc3ccccc32)c(Cl)c1. The van der Waals surface area contributed by atoms with Crippen LogP contribution in [-0.2, 0) is 6.54 Å². The van der Waals surface area contributed by atoms with Gasteiger partial charge in [-0.1, -0.05) is 41.4 Å². The normalized spacial score (nSPS) is 11.2. The van der Waals surface area contributed by atoms with Gasteiger partial charge in [0.2, 0.25) is 0 Å². The molecule has 2 aromatic carbocycles. The molecule has 2 heterocycles. The zero-order valence-corrected chi connectivity index (χ0v) is 13.6. The van der Waals surface area contributed by atoms with E-state index in [9.17, 15) is 0 Å². The van der Waals surface area contributed by atoms with Crippen LogP contribution in [0.1, 0.15) is 5.56 Å². The van der Waals surface area contributed by atoms with Gasteiger partial charge in [-0.3, -0.25) is 0 Å². The first-order valence-electron chi connectivity index (χ1n) is 7.15. The Labute approximate surface area is 143 Å². The van der Waals surface area contributed by atoms with E-state index in [0.29, 0.717) is 16.6 Å². The number of halogens is 2. The van der Waals surface area contributed by atoms with Crippen LogP contribution >= 0.6 is 23.2 Å². The van der Waals surface area contributed by atoms with Crippen molar-refractivity contribution in [2.45, 2.75) is 6.54 Å². The molecule has 0 aliphatic rings. The van der Waals surface area contributed by atoms with Gasteiger partial charge in [0.15, 0.2) is 11.6 Å². The number of hydrogen-bond donors (Lipinski definition) is 0. The Balaban J connectivity index is 1.89. The van der Waals surface area contributed by atoms with E-state index in [1.165, 1.54) is 0 Å². The second-order valence-corrected chi connectivity index (χ2v) is 6.07. The molecule has 0 N–H and O–H groups in total. The second-order valence-electron chi connectivity index (χ2n) is 5.22. The van der Waals surface area contributed by atoms with E-state index in [0.717, 1.165) is 28.2 Å². The van der Waals surface area contributed by atoms with Gasteiger partial charge >= 0.3 is 0 Å². The van der Waals surface area contributed by atoms with Crippen LogP contribution in [0.15, 0.2) is 65.3 Å². The highest BCUT2D eigenvalue weighted by atomic mass is 35.5. The summed E-state index contributed by atoms with van der Waals surface area (Å²) in [6.07, 6.45) is 1.65. The van der Waals surface area contributed by atoms with Crippen LogP contribution in [0, 0.1) is 0 Å². The van der Waals surface area contributed by atoms with Crippen molar-refractivity contribution in [3.05, 3.63) is 76.5 Å². The molecule has 0 fully saturated rings. The van der Waals surface area contributed by atoms with E-state index >= 15 is 0 Å². The van der Waals surface area contributed by atoms with Gasteiger partial charge in [-0.05, 0) is 42.0 Å². The van der Waals surface area contributed by atoms with Crippen molar-refractivity contribution < 1.29 is 4.42 Å². The predicted octanol–water partition coefficient (Wildman–Crippen LogP) is 5.65. The molecule has 0 bridgehead atoms. The first kappa shape index (κ1) is 14.4. The van der Waals surface area contributed by atoms with E-state index in [-0.39, 0.29) is 0 Å². The van der Waals surface area contributed by atoms with Crippen LogP contribution in [-0.4, -0.2) is 9.55 Å². The molecule has 23 heavy (non-hydrogen) atoms. The number of benzene rings is 2. The highest BCUT2D eigenvalue weighted by Gasteiger charge is 2.15. The van der Waals surface area contributed by atoms with Crippen LogP contribution in [0.4, 0.5) is 0 Å². The van der Waals surface area contributed by atoms with Crippen molar-refractivity contribution >= 4 is 34.2 Å². The number of fused-ring (bicyclic) bond motifs is 1. The lowest BCUT2D eigenvalue weighted by Gasteiger charge is -2.10. The summed E-state index contributed by atoms with van der Waals surface area (Å²) in [5.41, 5.74) is 2.93. The van der Waals surface area contributed by atoms with E-state index in [1.54, 1.807) is 12.3 Å². The van der Waals surface area contributed by atoms with Crippen LogP contribution < -0.4 is 0 Å². The molecule has 0 spiro atoms. The molecule has 114 valence electrons. The second kappa shape index (κ2) is 5.76. The largest absolute Gasteiger partial charge is 0.461 e. The molecule has 0 atom stereocenters. The van der Waals surface area contributed by atoms with Gasteiger partial charge in [-0.15, -0.1) is 0 Å². The van der Waals surface area contributed by atoms with Crippen LogP contribution in [0.3, 0.4) is 0 Å². The summed E-state index contributed by atoms with van der Waals surface area (Å²) in [6.45, 7) is 0.590. The number of hydrogen-bond acceptors (Lipinski definition) is 2. The summed E-state index contributed by atoms with van der Waals surface area (Å²) < 4.78 is 7.64. The van der Waals surface area contributed by atoms with Crippen molar-refractivity contribution in [3.63, 3.8) is 0 Å². The summed E-state index contributed by atoms with van der Waals surface area (Å²) in [6, 6.07) is 17.3. The Bertz CT molecular complexity index is 974. The molecule has 0 unspecified atom stereocenters. The number of para-hydroxylation sites is 2. The lowest BCUT2D eigenvalue weighted by Crippen LogP contribution is -2.02. The molecule has 0 saturated heterocycles. The molecule has 3 nitrogen and oxygen atoms in total. The maximum Gasteiger partial charge on any atom is 0.177 e. The van der Waals surface area contributed by atoms with Gasteiger partial charge in [0.1, 0.15) is 0 Å². The summed E-state index contributed by atoms with van der Waals surface area (Å²) in [5.74, 6) is 1.51. The molecular weight excluding hydrogens is 331 g/mol. The Kier molecular flexibility index (Phi) is 3.60. The highest BCUT2D eigenvalue weighted by Crippen LogP contribution is 2.28. The van der Waals surface area contributed by atoms with Gasteiger partial charge in [-0.2, -0.15) is 0 Å². The Hall–Kier alpha value is -2.23. The quantitative estimate of drug-likeness (QED) is 0.481. The van der Waals surface area contributed by atoms with Crippen molar-refractivity contribution in [3.8, 4) is 11.6 Å². The summed E-state index contributed by atoms with van der Waals surface area (Å²) >= 11 is 12.3. The first-order valence-corrected chi connectivity index (χ1v) is 7.91. The molecule has 0 amide bonds. The zero-order valence-electron chi connectivity index (χ0n) is 12.0. The van der Waals surface area contributed by atoms with E-state index in [4.69, 9.17) is 32.6 Å². The summed E-state index contributed by atoms with van der Waals surface area (Å²) in [5, 5.41) is 1.26. The van der Waals surface area contributed by atoms with Crippen LogP contribution in [0.2, 0.25) is 10.0 Å². The first-order chi connectivity index (χ1) is 11.2. The third-order valence-corrected chi connectivity index (χ3v) is 4.33. The molecule has 0 radical (unpaired) electrons. The molecule has 2 aromatic heterocycles. The minimum absolute atomic E-state index is 0.590. The van der Waals surface area contributed by atoms with Crippen LogP contribution in [0.25, 0.3) is 22.6 Å². The van der Waals surface area contributed by atoms with Gasteiger partial charge in [0.05, 0.1) is 23.8 Å². The average molecular weight is 343 g/mol. The topological polar surface area (TPSA) is 31.0 Å². The molecule has 0 aliphatic heterocycles. The highest BCUT2D eigenvalue weighted by molar-refractivity contribution is 6.35. The van der Waals surface area contributed by atoms with E-state index < -0.39 is 0 Å². The molecule has 0 saturated carbocycles. The van der Waals surface area contributed by atoms with Crippen molar-refractivity contribution in [2.24, 2.45) is 0 Å². The minimum atomic E-state index is 0.590. The predicted molar refractivity (Wildman–Crippen MR) is 93.0 cm³/mol. The van der Waals surface area contributed by atoms with Gasteiger partial charge in [-0.25, -0.2) is 4.98 Å². The maximum atomic E-state index is 6.33. The lowest BCUT2D eigenvalue weighted by atomic mass is 10.2. The molecule has 4 rings (SSSR count). The number of nitrogens with zero attached hydrogens (tertiary/aromatic N) is 2. The number of furan rings is 1. The summed E-state index contributed by atoms with van der Waals surface area (Å²) in [4.78, 5) is 4.70. The number of rotatable bonds is 3. The summed E-state index contributed by atoms with van der Waals surface area (Å²) in [7, 11) is 0. The van der Waals surface area contributed by atoms with Crippen LogP contribution in [0.5, 0.6) is 0 Å². The fraction of sp³-hybridized carbons (Fsp3) is 0.0556. The smallest absolute Gasteiger partial charge is 0.177 e. The number of imidazole rings is 1. The van der Waals surface area contributed by atoms with E-state index in [2.05, 4.69) is 4.57 Å². The Morgan fingerprint density at radius 2 is 1.87 bits per heavy atom. The third kappa shape index (κ3) is 2.62. The average Bonchev–Trinajstić information content (AvgIpc) is 3.18.